The first-order chi connectivity index (χ1) is 7.76. The van der Waals surface area contributed by atoms with E-state index in [0.717, 1.165) is 6.20 Å². The molecule has 0 bridgehead atoms. The van der Waals surface area contributed by atoms with Gasteiger partial charge in [0, 0.05) is 6.20 Å². The molecular formula is C8H2BrF5N2O. The molecule has 1 aromatic rings. The molecule has 0 saturated heterocycles. The number of hydrogen-bond donors (Lipinski definition) is 0. The summed E-state index contributed by atoms with van der Waals surface area (Å²) in [7, 11) is 0. The summed E-state index contributed by atoms with van der Waals surface area (Å²) < 4.78 is 63.7. The first-order valence-corrected chi connectivity index (χ1v) is 4.68. The van der Waals surface area contributed by atoms with Gasteiger partial charge in [0.1, 0.15) is 11.8 Å². The quantitative estimate of drug-likeness (QED) is 0.784. The van der Waals surface area contributed by atoms with E-state index in [1.54, 1.807) is 0 Å². The van der Waals surface area contributed by atoms with Gasteiger partial charge in [0.25, 0.3) is 6.43 Å². The Morgan fingerprint density at radius 1 is 1.41 bits per heavy atom. The molecule has 92 valence electrons. The van der Waals surface area contributed by atoms with Crippen molar-refractivity contribution in [3.8, 4) is 11.8 Å². The van der Waals surface area contributed by atoms with Gasteiger partial charge in [0.15, 0.2) is 5.75 Å². The molecule has 1 rings (SSSR count). The minimum absolute atomic E-state index is 0.339. The van der Waals surface area contributed by atoms with Gasteiger partial charge in [-0.1, -0.05) is 0 Å². The van der Waals surface area contributed by atoms with Crippen LogP contribution in [0.1, 0.15) is 17.7 Å². The molecule has 0 atom stereocenters. The normalized spacial score (nSPS) is 11.4. The maximum atomic E-state index is 12.4. The Labute approximate surface area is 99.9 Å². The second-order valence-electron chi connectivity index (χ2n) is 2.66. The predicted molar refractivity (Wildman–Crippen MR) is 48.3 cm³/mol. The van der Waals surface area contributed by atoms with Crippen molar-refractivity contribution in [2.45, 2.75) is 12.8 Å². The Kier molecular flexibility index (Phi) is 3.87. The Morgan fingerprint density at radius 2 is 2.00 bits per heavy atom. The Bertz CT molecular complexity index is 468. The van der Waals surface area contributed by atoms with Gasteiger partial charge in [-0.25, -0.2) is 13.8 Å². The van der Waals surface area contributed by atoms with E-state index in [4.69, 9.17) is 5.26 Å². The SMILES string of the molecule is N#Cc1cnc(C(F)F)c(OC(F)(F)F)c1Br. The first-order valence-electron chi connectivity index (χ1n) is 3.88. The summed E-state index contributed by atoms with van der Waals surface area (Å²) in [5, 5.41) is 8.53. The molecule has 0 saturated carbocycles. The first kappa shape index (κ1) is 13.6. The lowest BCUT2D eigenvalue weighted by atomic mass is 10.2. The molecule has 0 aliphatic carbocycles. The number of hydrogen-bond acceptors (Lipinski definition) is 3. The summed E-state index contributed by atoms with van der Waals surface area (Å²) >= 11 is 2.59. The highest BCUT2D eigenvalue weighted by Gasteiger charge is 2.35. The van der Waals surface area contributed by atoms with Crippen LogP contribution in [0.3, 0.4) is 0 Å². The van der Waals surface area contributed by atoms with Crippen LogP contribution in [-0.4, -0.2) is 11.3 Å². The molecule has 0 amide bonds. The molecule has 0 aliphatic heterocycles. The van der Waals surface area contributed by atoms with Gasteiger partial charge < -0.3 is 4.74 Å². The molecule has 9 heteroatoms. The van der Waals surface area contributed by atoms with Crippen molar-refractivity contribution < 1.29 is 26.7 Å². The van der Waals surface area contributed by atoms with Crippen LogP contribution in [0, 0.1) is 11.3 Å². The zero-order valence-corrected chi connectivity index (χ0v) is 9.31. The van der Waals surface area contributed by atoms with E-state index in [-0.39, 0.29) is 5.56 Å². The molecule has 3 nitrogen and oxygen atoms in total. The van der Waals surface area contributed by atoms with Crippen LogP contribution in [0.25, 0.3) is 0 Å². The third-order valence-corrected chi connectivity index (χ3v) is 2.33. The molecule has 0 aliphatic rings. The Balaban J connectivity index is 3.36. The summed E-state index contributed by atoms with van der Waals surface area (Å²) in [4.78, 5) is 3.07. The molecule has 17 heavy (non-hydrogen) atoms. The van der Waals surface area contributed by atoms with Crippen molar-refractivity contribution in [1.82, 2.24) is 4.98 Å². The topological polar surface area (TPSA) is 45.9 Å². The molecular weight excluding hydrogens is 315 g/mol. The van der Waals surface area contributed by atoms with Crippen molar-refractivity contribution in [2.75, 3.05) is 0 Å². The van der Waals surface area contributed by atoms with E-state index in [9.17, 15) is 22.0 Å². The van der Waals surface area contributed by atoms with Gasteiger partial charge in [0.05, 0.1) is 10.0 Å². The van der Waals surface area contributed by atoms with Crippen molar-refractivity contribution in [2.24, 2.45) is 0 Å². The highest BCUT2D eigenvalue weighted by molar-refractivity contribution is 9.10. The van der Waals surface area contributed by atoms with Crippen LogP contribution in [0.5, 0.6) is 5.75 Å². The van der Waals surface area contributed by atoms with Crippen molar-refractivity contribution in [1.29, 1.82) is 5.26 Å². The predicted octanol–water partition coefficient (Wildman–Crippen LogP) is 3.55. The highest BCUT2D eigenvalue weighted by atomic mass is 79.9. The lowest BCUT2D eigenvalue weighted by Crippen LogP contribution is -2.19. The fourth-order valence-corrected chi connectivity index (χ4v) is 1.41. The largest absolute Gasteiger partial charge is 0.573 e. The summed E-state index contributed by atoms with van der Waals surface area (Å²) in [6.45, 7) is 0. The molecule has 1 aromatic heterocycles. The van der Waals surface area contributed by atoms with Gasteiger partial charge >= 0.3 is 6.36 Å². The zero-order chi connectivity index (χ0) is 13.2. The fourth-order valence-electron chi connectivity index (χ4n) is 0.930. The molecule has 0 radical (unpaired) electrons. The van der Waals surface area contributed by atoms with Gasteiger partial charge in [-0.3, -0.25) is 0 Å². The molecule has 1 heterocycles. The van der Waals surface area contributed by atoms with E-state index < -0.39 is 28.7 Å². The van der Waals surface area contributed by atoms with Crippen LogP contribution in [0.4, 0.5) is 22.0 Å². The van der Waals surface area contributed by atoms with E-state index in [0.29, 0.717) is 0 Å². The third-order valence-electron chi connectivity index (χ3n) is 1.55. The van der Waals surface area contributed by atoms with E-state index in [1.165, 1.54) is 6.07 Å². The smallest absolute Gasteiger partial charge is 0.402 e. The van der Waals surface area contributed by atoms with Crippen molar-refractivity contribution >= 4 is 15.9 Å². The van der Waals surface area contributed by atoms with Gasteiger partial charge in [0.2, 0.25) is 0 Å². The molecule has 0 aromatic carbocycles. The molecule has 0 N–H and O–H groups in total. The van der Waals surface area contributed by atoms with E-state index >= 15 is 0 Å². The second-order valence-corrected chi connectivity index (χ2v) is 3.45. The van der Waals surface area contributed by atoms with Crippen LogP contribution in [0.2, 0.25) is 0 Å². The average Bonchev–Trinajstić information content (AvgIpc) is 2.18. The summed E-state index contributed by atoms with van der Waals surface area (Å²) in [6, 6.07) is 1.49. The van der Waals surface area contributed by atoms with Crippen LogP contribution >= 0.6 is 15.9 Å². The second kappa shape index (κ2) is 4.83. The third kappa shape index (κ3) is 3.26. The van der Waals surface area contributed by atoms with Crippen LogP contribution < -0.4 is 4.74 Å². The Morgan fingerprint density at radius 3 is 2.41 bits per heavy atom. The minimum atomic E-state index is -5.15. The highest BCUT2D eigenvalue weighted by Crippen LogP contribution is 2.38. The number of halogens is 6. The number of nitriles is 1. The lowest BCUT2D eigenvalue weighted by molar-refractivity contribution is -0.275. The minimum Gasteiger partial charge on any atom is -0.402 e. The van der Waals surface area contributed by atoms with E-state index in [1.807, 2.05) is 0 Å². The van der Waals surface area contributed by atoms with Crippen LogP contribution in [-0.2, 0) is 0 Å². The molecule has 0 unspecified atom stereocenters. The lowest BCUT2D eigenvalue weighted by Gasteiger charge is -2.14. The summed E-state index contributed by atoms with van der Waals surface area (Å²) in [5.41, 5.74) is -1.53. The van der Waals surface area contributed by atoms with Crippen molar-refractivity contribution in [3.63, 3.8) is 0 Å². The summed E-state index contributed by atoms with van der Waals surface area (Å²) in [6.07, 6.45) is -7.67. The monoisotopic (exact) mass is 316 g/mol. The summed E-state index contributed by atoms with van der Waals surface area (Å²) in [5.74, 6) is -1.20. The van der Waals surface area contributed by atoms with E-state index in [2.05, 4.69) is 25.7 Å². The fraction of sp³-hybridized carbons (Fsp3) is 0.250. The molecule has 0 fully saturated rings. The number of aromatic nitrogens is 1. The number of nitrogens with zero attached hydrogens (tertiary/aromatic N) is 2. The average molecular weight is 317 g/mol. The standard InChI is InChI=1S/C8H2BrF5N2O/c9-4-3(1-15)2-16-5(7(10)11)6(4)17-8(12,13)14/h2,7H. The molecule has 0 spiro atoms. The number of rotatable bonds is 2. The van der Waals surface area contributed by atoms with Gasteiger partial charge in [-0.15, -0.1) is 13.2 Å². The van der Waals surface area contributed by atoms with Crippen LogP contribution in [0.15, 0.2) is 10.7 Å². The number of ether oxygens (including phenoxy) is 1. The van der Waals surface area contributed by atoms with Gasteiger partial charge in [-0.05, 0) is 15.9 Å². The maximum absolute atomic E-state index is 12.4. The zero-order valence-electron chi connectivity index (χ0n) is 7.73. The number of pyridine rings is 1. The Hall–Kier alpha value is -1.43. The maximum Gasteiger partial charge on any atom is 0.573 e. The number of alkyl halides is 5. The van der Waals surface area contributed by atoms with Crippen molar-refractivity contribution in [3.05, 3.63) is 21.9 Å². The van der Waals surface area contributed by atoms with Gasteiger partial charge in [-0.2, -0.15) is 5.26 Å².